The molecule has 5 heteroatoms. The number of carboxylic acids is 1. The molecular weight excluding hydrogens is 272 g/mol. The lowest BCUT2D eigenvalue weighted by Crippen LogP contribution is -2.08. The molecule has 1 aliphatic carbocycles. The second-order valence-corrected chi connectivity index (χ2v) is 6.15. The summed E-state index contributed by atoms with van der Waals surface area (Å²) in [7, 11) is 0. The highest BCUT2D eigenvalue weighted by molar-refractivity contribution is 7.12. The second kappa shape index (κ2) is 5.63. The van der Waals surface area contributed by atoms with Crippen LogP contribution in [0.5, 0.6) is 0 Å². The Kier molecular flexibility index (Phi) is 3.69. The number of aryl methyl sites for hydroxylation is 1. The summed E-state index contributed by atoms with van der Waals surface area (Å²) in [6.07, 6.45) is 9.45. The Morgan fingerprint density at radius 3 is 3.10 bits per heavy atom. The smallest absolute Gasteiger partial charge is 0.328 e. The SMILES string of the molecule is O=C(O)/C=C/c1ccc(Cn2cnc3c2CCCC3)s1. The van der Waals surface area contributed by atoms with Gasteiger partial charge in [-0.3, -0.25) is 0 Å². The highest BCUT2D eigenvalue weighted by atomic mass is 32.1. The Bertz CT molecular complexity index is 655. The van der Waals surface area contributed by atoms with Crippen molar-refractivity contribution in [1.29, 1.82) is 0 Å². The van der Waals surface area contributed by atoms with Gasteiger partial charge in [0.1, 0.15) is 0 Å². The van der Waals surface area contributed by atoms with Crippen LogP contribution in [0.1, 0.15) is 34.0 Å². The summed E-state index contributed by atoms with van der Waals surface area (Å²) in [6.45, 7) is 0.827. The van der Waals surface area contributed by atoms with E-state index in [2.05, 4.69) is 15.6 Å². The van der Waals surface area contributed by atoms with E-state index < -0.39 is 5.97 Å². The topological polar surface area (TPSA) is 55.1 Å². The molecule has 0 saturated heterocycles. The Labute approximate surface area is 121 Å². The van der Waals surface area contributed by atoms with Gasteiger partial charge in [-0.15, -0.1) is 11.3 Å². The van der Waals surface area contributed by atoms with Crippen molar-refractivity contribution in [2.45, 2.75) is 32.2 Å². The van der Waals surface area contributed by atoms with Crippen molar-refractivity contribution in [3.8, 4) is 0 Å². The molecule has 4 nitrogen and oxygen atoms in total. The van der Waals surface area contributed by atoms with Crippen LogP contribution in [0.3, 0.4) is 0 Å². The molecule has 0 radical (unpaired) electrons. The van der Waals surface area contributed by atoms with Crippen molar-refractivity contribution in [1.82, 2.24) is 9.55 Å². The van der Waals surface area contributed by atoms with E-state index in [0.717, 1.165) is 24.3 Å². The van der Waals surface area contributed by atoms with Gasteiger partial charge in [0.05, 0.1) is 18.6 Å². The summed E-state index contributed by atoms with van der Waals surface area (Å²) in [6, 6.07) is 4.02. The molecule has 2 heterocycles. The number of aliphatic carboxylic acids is 1. The Morgan fingerprint density at radius 1 is 1.40 bits per heavy atom. The number of hydrogen-bond acceptors (Lipinski definition) is 3. The Balaban J connectivity index is 1.75. The van der Waals surface area contributed by atoms with E-state index in [0.29, 0.717) is 0 Å². The van der Waals surface area contributed by atoms with E-state index >= 15 is 0 Å². The minimum Gasteiger partial charge on any atom is -0.478 e. The van der Waals surface area contributed by atoms with Gasteiger partial charge in [-0.2, -0.15) is 0 Å². The maximum Gasteiger partial charge on any atom is 0.328 e. The van der Waals surface area contributed by atoms with Crippen LogP contribution in [0.2, 0.25) is 0 Å². The summed E-state index contributed by atoms with van der Waals surface area (Å²) >= 11 is 1.63. The number of fused-ring (bicyclic) bond motifs is 1. The number of imidazole rings is 1. The Hall–Kier alpha value is -1.88. The predicted molar refractivity (Wildman–Crippen MR) is 79.0 cm³/mol. The third-order valence-corrected chi connectivity index (χ3v) is 4.54. The number of nitrogens with zero attached hydrogens (tertiary/aromatic N) is 2. The van der Waals surface area contributed by atoms with Gasteiger partial charge in [-0.1, -0.05) is 0 Å². The van der Waals surface area contributed by atoms with Crippen LogP contribution in [0.15, 0.2) is 24.5 Å². The zero-order valence-corrected chi connectivity index (χ0v) is 11.9. The molecule has 2 aromatic rings. The highest BCUT2D eigenvalue weighted by Crippen LogP contribution is 2.23. The quantitative estimate of drug-likeness (QED) is 0.880. The highest BCUT2D eigenvalue weighted by Gasteiger charge is 2.15. The third-order valence-electron chi connectivity index (χ3n) is 3.51. The van der Waals surface area contributed by atoms with Crippen LogP contribution in [0, 0.1) is 0 Å². The number of rotatable bonds is 4. The number of hydrogen-bond donors (Lipinski definition) is 1. The molecule has 0 amide bonds. The number of carboxylic acid groups (broad SMARTS) is 1. The largest absolute Gasteiger partial charge is 0.478 e. The molecule has 0 saturated carbocycles. The molecule has 0 bridgehead atoms. The molecule has 0 atom stereocenters. The predicted octanol–water partition coefficient (Wildman–Crippen LogP) is 2.97. The van der Waals surface area contributed by atoms with Crippen molar-refractivity contribution in [2.75, 3.05) is 0 Å². The summed E-state index contributed by atoms with van der Waals surface area (Å²) < 4.78 is 2.23. The third kappa shape index (κ3) is 2.82. The van der Waals surface area contributed by atoms with Gasteiger partial charge in [0.25, 0.3) is 0 Å². The van der Waals surface area contributed by atoms with Crippen LogP contribution >= 0.6 is 11.3 Å². The molecule has 0 aromatic carbocycles. The van der Waals surface area contributed by atoms with Gasteiger partial charge in [0.15, 0.2) is 0 Å². The summed E-state index contributed by atoms with van der Waals surface area (Å²) in [5.74, 6) is -0.913. The first-order valence-corrected chi connectivity index (χ1v) is 7.56. The van der Waals surface area contributed by atoms with Crippen LogP contribution in [-0.2, 0) is 24.2 Å². The van der Waals surface area contributed by atoms with E-state index in [1.807, 2.05) is 12.4 Å². The van der Waals surface area contributed by atoms with Gasteiger partial charge in [-0.25, -0.2) is 9.78 Å². The number of thiophene rings is 1. The number of aromatic nitrogens is 2. The maximum absolute atomic E-state index is 10.5. The molecule has 1 aliphatic rings. The Morgan fingerprint density at radius 2 is 2.25 bits per heavy atom. The molecule has 104 valence electrons. The minimum atomic E-state index is -0.913. The van der Waals surface area contributed by atoms with Crippen molar-refractivity contribution in [2.24, 2.45) is 0 Å². The lowest BCUT2D eigenvalue weighted by molar-refractivity contribution is -0.131. The van der Waals surface area contributed by atoms with Gasteiger partial charge < -0.3 is 9.67 Å². The van der Waals surface area contributed by atoms with Gasteiger partial charge in [0, 0.05) is 21.5 Å². The average molecular weight is 288 g/mol. The lowest BCUT2D eigenvalue weighted by Gasteiger charge is -2.13. The lowest BCUT2D eigenvalue weighted by atomic mass is 10.0. The molecule has 20 heavy (non-hydrogen) atoms. The standard InChI is InChI=1S/C15H16N2O2S/c18-15(19)8-7-11-5-6-12(20-11)9-17-10-16-13-3-1-2-4-14(13)17/h5-8,10H,1-4,9H2,(H,18,19)/b8-7+. The van der Waals surface area contributed by atoms with Crippen LogP contribution in [-0.4, -0.2) is 20.6 Å². The molecule has 0 fully saturated rings. The molecule has 0 spiro atoms. The fourth-order valence-electron chi connectivity index (χ4n) is 2.56. The molecule has 2 aromatic heterocycles. The van der Waals surface area contributed by atoms with Crippen LogP contribution in [0.25, 0.3) is 6.08 Å². The van der Waals surface area contributed by atoms with Gasteiger partial charge in [0.2, 0.25) is 0 Å². The molecule has 0 unspecified atom stereocenters. The monoisotopic (exact) mass is 288 g/mol. The average Bonchev–Trinajstić information content (AvgIpc) is 3.05. The number of carbonyl (C=O) groups is 1. The first-order valence-electron chi connectivity index (χ1n) is 6.75. The molecule has 0 aliphatic heterocycles. The van der Waals surface area contributed by atoms with Crippen molar-refractivity contribution < 1.29 is 9.90 Å². The van der Waals surface area contributed by atoms with Crippen LogP contribution in [0.4, 0.5) is 0 Å². The van der Waals surface area contributed by atoms with Crippen molar-refractivity contribution in [3.05, 3.63) is 45.7 Å². The minimum absolute atomic E-state index is 0.827. The zero-order chi connectivity index (χ0) is 13.9. The van der Waals surface area contributed by atoms with Gasteiger partial charge in [-0.05, 0) is 43.9 Å². The first-order chi connectivity index (χ1) is 9.72. The van der Waals surface area contributed by atoms with E-state index in [9.17, 15) is 4.79 Å². The molecule has 1 N–H and O–H groups in total. The fraction of sp³-hybridized carbons (Fsp3) is 0.333. The van der Waals surface area contributed by atoms with E-state index in [1.54, 1.807) is 17.4 Å². The van der Waals surface area contributed by atoms with Gasteiger partial charge >= 0.3 is 5.97 Å². The van der Waals surface area contributed by atoms with E-state index in [1.165, 1.54) is 35.2 Å². The maximum atomic E-state index is 10.5. The van der Waals surface area contributed by atoms with Crippen LogP contribution < -0.4 is 0 Å². The fourth-order valence-corrected chi connectivity index (χ4v) is 3.47. The summed E-state index contributed by atoms with van der Waals surface area (Å²) in [4.78, 5) is 17.2. The molecule has 3 rings (SSSR count). The summed E-state index contributed by atoms with van der Waals surface area (Å²) in [5.41, 5.74) is 2.62. The second-order valence-electron chi connectivity index (χ2n) is 4.95. The zero-order valence-electron chi connectivity index (χ0n) is 11.1. The van der Waals surface area contributed by atoms with E-state index in [-0.39, 0.29) is 0 Å². The van der Waals surface area contributed by atoms with E-state index in [4.69, 9.17) is 5.11 Å². The first kappa shape index (κ1) is 13.1. The summed E-state index contributed by atoms with van der Waals surface area (Å²) in [5, 5.41) is 8.63. The molecular formula is C15H16N2O2S. The van der Waals surface area contributed by atoms with Crippen molar-refractivity contribution >= 4 is 23.4 Å². The van der Waals surface area contributed by atoms with Crippen molar-refractivity contribution in [3.63, 3.8) is 0 Å². The normalized spacial score (nSPS) is 14.6.